The first kappa shape index (κ1) is 21.9. The van der Waals surface area contributed by atoms with Crippen LogP contribution >= 0.6 is 11.6 Å². The second-order valence-electron chi connectivity index (χ2n) is 8.83. The Morgan fingerprint density at radius 3 is 2.27 bits per heavy atom. The van der Waals surface area contributed by atoms with Crippen molar-refractivity contribution < 1.29 is 9.90 Å². The molecule has 1 saturated heterocycles. The lowest BCUT2D eigenvalue weighted by molar-refractivity contribution is -0.0254. The fourth-order valence-electron chi connectivity index (χ4n) is 4.88. The Morgan fingerprint density at radius 1 is 0.909 bits per heavy atom. The summed E-state index contributed by atoms with van der Waals surface area (Å²) in [6.07, 6.45) is 4.52. The van der Waals surface area contributed by atoms with Gasteiger partial charge in [-0.3, -0.25) is 4.79 Å². The fraction of sp³-hybridized carbons (Fsp3) is 0.250. The van der Waals surface area contributed by atoms with Crippen molar-refractivity contribution in [2.24, 2.45) is 0 Å². The molecule has 0 unspecified atom stereocenters. The smallest absolute Gasteiger partial charge is 0.256 e. The van der Waals surface area contributed by atoms with E-state index in [0.717, 1.165) is 54.0 Å². The largest absolute Gasteiger partial charge is 0.385 e. The van der Waals surface area contributed by atoms with E-state index in [1.807, 2.05) is 66.7 Å². The summed E-state index contributed by atoms with van der Waals surface area (Å²) in [5.74, 6) is -0.0704. The number of likely N-dealkylation sites (tertiary alicyclic amines) is 1. The van der Waals surface area contributed by atoms with Crippen molar-refractivity contribution in [2.75, 3.05) is 25.0 Å². The van der Waals surface area contributed by atoms with Crippen LogP contribution in [0.4, 0.5) is 5.69 Å². The fourth-order valence-corrected chi connectivity index (χ4v) is 5.01. The summed E-state index contributed by atoms with van der Waals surface area (Å²) in [5, 5.41) is 14.9. The molecule has 0 radical (unpaired) electrons. The van der Waals surface area contributed by atoms with Crippen molar-refractivity contribution in [3.8, 4) is 0 Å². The van der Waals surface area contributed by atoms with Crippen molar-refractivity contribution >= 4 is 28.8 Å². The maximum atomic E-state index is 12.8. The maximum absolute atomic E-state index is 12.8. The number of nitrogens with zero attached hydrogens (tertiary/aromatic N) is 1. The van der Waals surface area contributed by atoms with Crippen LogP contribution in [0.2, 0.25) is 5.02 Å². The first-order valence-corrected chi connectivity index (χ1v) is 11.8. The van der Waals surface area contributed by atoms with Crippen molar-refractivity contribution in [3.05, 3.63) is 106 Å². The molecule has 1 fully saturated rings. The molecule has 3 aromatic rings. The van der Waals surface area contributed by atoms with E-state index in [1.54, 1.807) is 0 Å². The van der Waals surface area contributed by atoms with Crippen LogP contribution in [-0.2, 0) is 5.60 Å². The van der Waals surface area contributed by atoms with Gasteiger partial charge in [0.25, 0.3) is 5.91 Å². The lowest BCUT2D eigenvalue weighted by atomic mass is 9.84. The summed E-state index contributed by atoms with van der Waals surface area (Å²) in [7, 11) is 0. The third-order valence-electron chi connectivity index (χ3n) is 6.79. The maximum Gasteiger partial charge on any atom is 0.256 e. The number of carbonyl (C=O) groups is 1. The zero-order chi connectivity index (χ0) is 22.8. The summed E-state index contributed by atoms with van der Waals surface area (Å²) >= 11 is 6.00. The highest BCUT2D eigenvalue weighted by atomic mass is 35.5. The molecule has 5 rings (SSSR count). The van der Waals surface area contributed by atoms with Gasteiger partial charge in [0.15, 0.2) is 0 Å². The molecule has 0 saturated carbocycles. The van der Waals surface area contributed by atoms with Crippen LogP contribution in [0.3, 0.4) is 0 Å². The second kappa shape index (κ2) is 9.14. The zero-order valence-electron chi connectivity index (χ0n) is 18.4. The van der Waals surface area contributed by atoms with E-state index in [-0.39, 0.29) is 5.91 Å². The second-order valence-corrected chi connectivity index (χ2v) is 9.27. The first-order chi connectivity index (χ1) is 16.0. The zero-order valence-corrected chi connectivity index (χ0v) is 19.2. The number of anilines is 1. The molecule has 168 valence electrons. The Labute approximate surface area is 199 Å². The molecule has 2 aliphatic heterocycles. The van der Waals surface area contributed by atoms with E-state index >= 15 is 0 Å². The number of rotatable bonds is 4. The molecule has 5 heteroatoms. The third kappa shape index (κ3) is 4.47. The Bertz CT molecular complexity index is 1190. The molecule has 33 heavy (non-hydrogen) atoms. The van der Waals surface area contributed by atoms with E-state index in [2.05, 4.69) is 22.4 Å². The summed E-state index contributed by atoms with van der Waals surface area (Å²) in [5.41, 5.74) is 4.81. The van der Waals surface area contributed by atoms with Crippen molar-refractivity contribution in [1.29, 1.82) is 0 Å². The third-order valence-corrected chi connectivity index (χ3v) is 7.04. The normalized spacial score (nSPS) is 18.8. The molecule has 0 atom stereocenters. The number of para-hydroxylation sites is 1. The highest BCUT2D eigenvalue weighted by molar-refractivity contribution is 6.30. The van der Waals surface area contributed by atoms with Gasteiger partial charge in [-0.25, -0.2) is 0 Å². The van der Waals surface area contributed by atoms with Crippen molar-refractivity contribution in [1.82, 2.24) is 4.90 Å². The molecule has 3 aromatic carbocycles. The topological polar surface area (TPSA) is 52.6 Å². The molecule has 2 heterocycles. The number of halogens is 1. The Balaban J connectivity index is 1.31. The quantitative estimate of drug-likeness (QED) is 0.526. The lowest BCUT2D eigenvalue weighted by Gasteiger charge is -2.38. The number of amides is 1. The van der Waals surface area contributed by atoms with Crippen LogP contribution in [0.1, 0.15) is 46.3 Å². The highest BCUT2D eigenvalue weighted by Crippen LogP contribution is 2.36. The van der Waals surface area contributed by atoms with E-state index in [4.69, 9.17) is 11.6 Å². The number of nitrogens with one attached hydrogen (secondary N) is 1. The number of fused-ring (bicyclic) bond motifs is 2. The molecule has 0 aliphatic carbocycles. The Hall–Kier alpha value is -2.92. The van der Waals surface area contributed by atoms with Crippen LogP contribution in [0.25, 0.3) is 5.57 Å². The predicted molar refractivity (Wildman–Crippen MR) is 134 cm³/mol. The molecular weight excluding hydrogens is 432 g/mol. The Morgan fingerprint density at radius 2 is 1.55 bits per heavy atom. The van der Waals surface area contributed by atoms with Gasteiger partial charge < -0.3 is 15.3 Å². The van der Waals surface area contributed by atoms with Gasteiger partial charge in [0.05, 0.1) is 5.60 Å². The summed E-state index contributed by atoms with van der Waals surface area (Å²) in [6.45, 7) is 2.59. The Kier molecular flexibility index (Phi) is 6.07. The van der Waals surface area contributed by atoms with Gasteiger partial charge in [-0.15, -0.1) is 0 Å². The molecule has 1 amide bonds. The minimum Gasteiger partial charge on any atom is -0.385 e. The monoisotopic (exact) mass is 458 g/mol. The van der Waals surface area contributed by atoms with E-state index in [9.17, 15) is 9.90 Å². The molecule has 2 aliphatic rings. The summed E-state index contributed by atoms with van der Waals surface area (Å²) in [4.78, 5) is 15.2. The molecule has 0 aromatic heterocycles. The van der Waals surface area contributed by atoms with Gasteiger partial charge in [-0.2, -0.15) is 0 Å². The number of carbonyl (C=O) groups excluding carboxylic acids is 1. The van der Waals surface area contributed by atoms with Crippen LogP contribution in [0.15, 0.2) is 78.9 Å². The molecular formula is C28H27ClN2O2. The molecule has 0 spiro atoms. The van der Waals surface area contributed by atoms with E-state index in [0.29, 0.717) is 23.4 Å². The van der Waals surface area contributed by atoms with Crippen LogP contribution < -0.4 is 5.32 Å². The van der Waals surface area contributed by atoms with Gasteiger partial charge in [0.2, 0.25) is 0 Å². The van der Waals surface area contributed by atoms with Crippen LogP contribution in [0, 0.1) is 0 Å². The summed E-state index contributed by atoms with van der Waals surface area (Å²) in [6, 6.07) is 23.3. The minimum absolute atomic E-state index is 0.0704. The van der Waals surface area contributed by atoms with Crippen molar-refractivity contribution in [3.63, 3.8) is 0 Å². The highest BCUT2D eigenvalue weighted by Gasteiger charge is 2.33. The predicted octanol–water partition coefficient (Wildman–Crippen LogP) is 5.71. The van der Waals surface area contributed by atoms with Gasteiger partial charge in [-0.05, 0) is 60.2 Å². The van der Waals surface area contributed by atoms with Gasteiger partial charge in [0, 0.05) is 41.5 Å². The minimum atomic E-state index is -0.787. The van der Waals surface area contributed by atoms with Gasteiger partial charge in [0.1, 0.15) is 0 Å². The van der Waals surface area contributed by atoms with Gasteiger partial charge in [-0.1, -0.05) is 66.2 Å². The average molecular weight is 459 g/mol. The first-order valence-electron chi connectivity index (χ1n) is 11.4. The molecule has 2 N–H and O–H groups in total. The molecule has 4 nitrogen and oxygen atoms in total. The standard InChI is InChI=1S/C28H27ClN2O2/c29-21-13-11-20(12-14-21)28(33)15-18-31(19-16-28)17-5-9-22-23-6-1-2-8-25(23)27(32)30-26-10-4-3-7-24(22)26/h1-4,6-14,33H,5,15-19H2,(H,30,32)/b22-9+. The lowest BCUT2D eigenvalue weighted by Crippen LogP contribution is -2.42. The van der Waals surface area contributed by atoms with Crippen LogP contribution in [0.5, 0.6) is 0 Å². The number of aliphatic hydroxyl groups is 1. The van der Waals surface area contributed by atoms with Gasteiger partial charge >= 0.3 is 0 Å². The number of benzene rings is 3. The van der Waals surface area contributed by atoms with E-state index < -0.39 is 5.60 Å². The van der Waals surface area contributed by atoms with E-state index in [1.165, 1.54) is 0 Å². The number of hydrogen-bond acceptors (Lipinski definition) is 3. The average Bonchev–Trinajstić information content (AvgIpc) is 2.95. The molecule has 0 bridgehead atoms. The van der Waals surface area contributed by atoms with Crippen LogP contribution in [-0.4, -0.2) is 35.5 Å². The van der Waals surface area contributed by atoms with Crippen molar-refractivity contribution in [2.45, 2.75) is 24.9 Å². The summed E-state index contributed by atoms with van der Waals surface area (Å²) < 4.78 is 0. The number of hydrogen-bond donors (Lipinski definition) is 2. The SMILES string of the molecule is O=C1Nc2ccccc2/C(=C/CCN2CCC(O)(c3ccc(Cl)cc3)CC2)c2ccccc21. The number of piperidine rings is 1.